The van der Waals surface area contributed by atoms with Gasteiger partial charge in [-0.1, -0.05) is 5.16 Å². The Bertz CT molecular complexity index is 312. The molecule has 0 saturated heterocycles. The summed E-state index contributed by atoms with van der Waals surface area (Å²) in [5.74, 6) is -2.59. The Labute approximate surface area is 73.1 Å². The Balaban J connectivity index is 2.12. The Kier molecular flexibility index (Phi) is 1.71. The van der Waals surface area contributed by atoms with Gasteiger partial charge in [-0.2, -0.15) is 4.98 Å². The van der Waals surface area contributed by atoms with Gasteiger partial charge in [-0.05, 0) is 6.42 Å². The number of halogens is 2. The molecule has 4 nitrogen and oxygen atoms in total. The molecular weight excluding hydrogens is 180 g/mol. The second-order valence-corrected chi connectivity index (χ2v) is 3.29. The molecule has 1 aliphatic carbocycles. The Hall–Kier alpha value is -1.20. The minimum Gasteiger partial charge on any atom is -0.351 e. The van der Waals surface area contributed by atoms with Crippen LogP contribution >= 0.6 is 0 Å². The summed E-state index contributed by atoms with van der Waals surface area (Å²) in [4.78, 5) is 3.72. The fraction of sp³-hybridized carbons (Fsp3) is 0.714. The summed E-state index contributed by atoms with van der Waals surface area (Å²) < 4.78 is 30.1. The Morgan fingerprint density at radius 1 is 1.54 bits per heavy atom. The molecule has 13 heavy (non-hydrogen) atoms. The van der Waals surface area contributed by atoms with Crippen LogP contribution in [0, 0.1) is 0 Å². The molecule has 0 amide bonds. The number of aromatic nitrogens is 2. The first-order chi connectivity index (χ1) is 6.07. The molecule has 0 spiro atoms. The van der Waals surface area contributed by atoms with Crippen molar-refractivity contribution in [3.8, 4) is 0 Å². The average molecular weight is 189 g/mol. The van der Waals surface area contributed by atoms with E-state index in [-0.39, 0.29) is 24.8 Å². The van der Waals surface area contributed by atoms with Crippen LogP contribution in [-0.2, 0) is 0 Å². The van der Waals surface area contributed by atoms with Gasteiger partial charge in [0.2, 0.25) is 5.92 Å². The summed E-state index contributed by atoms with van der Waals surface area (Å²) in [7, 11) is 0. The van der Waals surface area contributed by atoms with Crippen molar-refractivity contribution in [1.82, 2.24) is 10.1 Å². The molecule has 1 heterocycles. The van der Waals surface area contributed by atoms with Crippen molar-refractivity contribution in [2.24, 2.45) is 0 Å². The van der Waals surface area contributed by atoms with Crippen molar-refractivity contribution in [3.63, 3.8) is 0 Å². The summed E-state index contributed by atoms with van der Waals surface area (Å²) in [5, 5.41) is 3.52. The fourth-order valence-corrected chi connectivity index (χ4v) is 1.58. The molecule has 0 aliphatic heterocycles. The van der Waals surface area contributed by atoms with Gasteiger partial charge in [-0.25, -0.2) is 8.78 Å². The van der Waals surface area contributed by atoms with Crippen molar-refractivity contribution >= 4 is 6.01 Å². The standard InChI is InChI=1S/C7H9F2N3O/c8-7(9)2-1-4(3-7)5-11-6(10)13-12-5/h4H,1-3H2,(H2,10,11,12). The van der Waals surface area contributed by atoms with E-state index in [4.69, 9.17) is 5.73 Å². The summed E-state index contributed by atoms with van der Waals surface area (Å²) in [6.07, 6.45) is 0.0874. The SMILES string of the molecule is Nc1nc(C2CCC(F)(F)C2)no1. The van der Waals surface area contributed by atoms with E-state index in [0.29, 0.717) is 12.2 Å². The van der Waals surface area contributed by atoms with Crippen LogP contribution in [0.4, 0.5) is 14.8 Å². The van der Waals surface area contributed by atoms with Crippen LogP contribution in [0.1, 0.15) is 31.0 Å². The Morgan fingerprint density at radius 3 is 2.77 bits per heavy atom. The molecule has 0 bridgehead atoms. The van der Waals surface area contributed by atoms with Crippen molar-refractivity contribution in [2.75, 3.05) is 5.73 Å². The normalized spacial score (nSPS) is 26.5. The number of hydrogen-bond donors (Lipinski definition) is 1. The largest absolute Gasteiger partial charge is 0.351 e. The lowest BCUT2D eigenvalue weighted by Gasteiger charge is -2.06. The summed E-state index contributed by atoms with van der Waals surface area (Å²) in [6, 6.07) is -0.0646. The third-order valence-corrected chi connectivity index (χ3v) is 2.23. The zero-order chi connectivity index (χ0) is 9.47. The van der Waals surface area contributed by atoms with E-state index in [1.807, 2.05) is 0 Å². The minimum absolute atomic E-state index is 0.0646. The van der Waals surface area contributed by atoms with Gasteiger partial charge in [0.15, 0.2) is 5.82 Å². The smallest absolute Gasteiger partial charge is 0.318 e. The lowest BCUT2D eigenvalue weighted by atomic mass is 10.1. The van der Waals surface area contributed by atoms with Gasteiger partial charge in [0, 0.05) is 18.8 Å². The minimum atomic E-state index is -2.58. The molecule has 1 saturated carbocycles. The number of nitrogens with zero attached hydrogens (tertiary/aromatic N) is 2. The molecular formula is C7H9F2N3O. The van der Waals surface area contributed by atoms with Crippen LogP contribution in [0.5, 0.6) is 0 Å². The number of alkyl halides is 2. The highest BCUT2D eigenvalue weighted by Gasteiger charge is 2.41. The predicted molar refractivity (Wildman–Crippen MR) is 40.2 cm³/mol. The summed E-state index contributed by atoms with van der Waals surface area (Å²) in [5.41, 5.74) is 5.19. The third kappa shape index (κ3) is 1.61. The monoisotopic (exact) mass is 189 g/mol. The molecule has 1 aromatic heterocycles. The van der Waals surface area contributed by atoms with Crippen molar-refractivity contribution in [2.45, 2.75) is 31.1 Å². The third-order valence-electron chi connectivity index (χ3n) is 2.23. The first-order valence-electron chi connectivity index (χ1n) is 4.04. The van der Waals surface area contributed by atoms with E-state index in [2.05, 4.69) is 14.7 Å². The van der Waals surface area contributed by atoms with E-state index in [0.717, 1.165) is 0 Å². The molecule has 1 unspecified atom stereocenters. The number of anilines is 1. The van der Waals surface area contributed by atoms with Gasteiger partial charge in [-0.15, -0.1) is 0 Å². The van der Waals surface area contributed by atoms with Crippen LogP contribution in [-0.4, -0.2) is 16.1 Å². The van der Waals surface area contributed by atoms with Crippen LogP contribution in [0.2, 0.25) is 0 Å². The predicted octanol–water partition coefficient (Wildman–Crippen LogP) is 1.55. The average Bonchev–Trinajstić information content (AvgIpc) is 2.56. The molecule has 6 heteroatoms. The number of hydrogen-bond acceptors (Lipinski definition) is 4. The first-order valence-corrected chi connectivity index (χ1v) is 4.04. The van der Waals surface area contributed by atoms with E-state index >= 15 is 0 Å². The first kappa shape index (κ1) is 8.40. The van der Waals surface area contributed by atoms with Gasteiger partial charge >= 0.3 is 6.01 Å². The molecule has 0 radical (unpaired) electrons. The molecule has 72 valence electrons. The molecule has 0 aromatic carbocycles. The van der Waals surface area contributed by atoms with Crippen LogP contribution in [0.3, 0.4) is 0 Å². The zero-order valence-corrected chi connectivity index (χ0v) is 6.83. The summed E-state index contributed by atoms with van der Waals surface area (Å²) in [6.45, 7) is 0. The molecule has 1 atom stereocenters. The molecule has 1 aromatic rings. The molecule has 2 rings (SSSR count). The van der Waals surface area contributed by atoms with Gasteiger partial charge in [0.05, 0.1) is 0 Å². The highest BCUT2D eigenvalue weighted by molar-refractivity contribution is 5.11. The molecule has 1 fully saturated rings. The van der Waals surface area contributed by atoms with E-state index < -0.39 is 5.92 Å². The van der Waals surface area contributed by atoms with Gasteiger partial charge in [0.1, 0.15) is 0 Å². The Morgan fingerprint density at radius 2 is 2.31 bits per heavy atom. The van der Waals surface area contributed by atoms with Gasteiger partial charge in [-0.3, -0.25) is 0 Å². The molecule has 1 aliphatic rings. The van der Waals surface area contributed by atoms with Crippen molar-refractivity contribution < 1.29 is 13.3 Å². The van der Waals surface area contributed by atoms with Crippen LogP contribution < -0.4 is 5.73 Å². The van der Waals surface area contributed by atoms with E-state index in [1.165, 1.54) is 0 Å². The van der Waals surface area contributed by atoms with Crippen LogP contribution in [0.25, 0.3) is 0 Å². The highest BCUT2D eigenvalue weighted by Crippen LogP contribution is 2.43. The quantitative estimate of drug-likeness (QED) is 0.727. The zero-order valence-electron chi connectivity index (χ0n) is 6.83. The number of rotatable bonds is 1. The lowest BCUT2D eigenvalue weighted by Crippen LogP contribution is -2.09. The van der Waals surface area contributed by atoms with Crippen LogP contribution in [0.15, 0.2) is 4.52 Å². The maximum atomic E-state index is 12.8. The van der Waals surface area contributed by atoms with E-state index in [9.17, 15) is 8.78 Å². The van der Waals surface area contributed by atoms with Crippen molar-refractivity contribution in [3.05, 3.63) is 5.82 Å². The number of nitrogens with two attached hydrogens (primary N) is 1. The van der Waals surface area contributed by atoms with Gasteiger partial charge in [0.25, 0.3) is 0 Å². The summed E-state index contributed by atoms with van der Waals surface area (Å²) >= 11 is 0. The van der Waals surface area contributed by atoms with E-state index in [1.54, 1.807) is 0 Å². The topological polar surface area (TPSA) is 64.9 Å². The fourth-order valence-electron chi connectivity index (χ4n) is 1.58. The maximum Gasteiger partial charge on any atom is 0.318 e. The molecule has 2 N–H and O–H groups in total. The highest BCUT2D eigenvalue weighted by atomic mass is 19.3. The van der Waals surface area contributed by atoms with Crippen molar-refractivity contribution in [1.29, 1.82) is 0 Å². The van der Waals surface area contributed by atoms with Gasteiger partial charge < -0.3 is 10.3 Å². The second kappa shape index (κ2) is 2.65. The lowest BCUT2D eigenvalue weighted by molar-refractivity contribution is 0.00750. The number of nitrogen functional groups attached to an aromatic ring is 1. The maximum absolute atomic E-state index is 12.8. The second-order valence-electron chi connectivity index (χ2n) is 3.29.